The first kappa shape index (κ1) is 10.7. The van der Waals surface area contributed by atoms with E-state index in [9.17, 15) is 0 Å². The molecule has 1 saturated carbocycles. The molecular weight excluding hydrogens is 186 g/mol. The topological polar surface area (TPSA) is 40.7 Å². The second-order valence-electron chi connectivity index (χ2n) is 4.51. The van der Waals surface area contributed by atoms with Crippen molar-refractivity contribution >= 4 is 0 Å². The predicted octanol–water partition coefficient (Wildman–Crippen LogP) is 2.47. The summed E-state index contributed by atoms with van der Waals surface area (Å²) in [5.41, 5.74) is 0. The minimum absolute atomic E-state index is 0.873. The van der Waals surface area contributed by atoms with Crippen molar-refractivity contribution in [3.8, 4) is 0 Å². The summed E-state index contributed by atoms with van der Waals surface area (Å²) in [5.74, 6) is 2.06. The highest BCUT2D eigenvalue weighted by atomic mass is 15.0. The van der Waals surface area contributed by atoms with Crippen molar-refractivity contribution in [3.05, 3.63) is 18.2 Å². The number of imidazole rings is 1. The van der Waals surface area contributed by atoms with Crippen LogP contribution in [0, 0.1) is 5.92 Å². The quantitative estimate of drug-likeness (QED) is 0.703. The van der Waals surface area contributed by atoms with E-state index in [0.717, 1.165) is 24.8 Å². The van der Waals surface area contributed by atoms with Crippen LogP contribution in [-0.2, 0) is 6.54 Å². The Morgan fingerprint density at radius 1 is 1.40 bits per heavy atom. The standard InChI is InChI=1S/C12H21N3/c1-2-5-11(4-1)6-3-7-13-10-12-14-8-9-15-12/h8-9,11,13H,1-7,10H2,(H,14,15). The number of hydrogen-bond donors (Lipinski definition) is 2. The molecule has 0 aliphatic heterocycles. The van der Waals surface area contributed by atoms with Gasteiger partial charge in [0.2, 0.25) is 0 Å². The molecule has 0 bridgehead atoms. The van der Waals surface area contributed by atoms with Gasteiger partial charge in [0.05, 0.1) is 6.54 Å². The molecule has 0 saturated heterocycles. The molecule has 84 valence electrons. The number of hydrogen-bond acceptors (Lipinski definition) is 2. The summed E-state index contributed by atoms with van der Waals surface area (Å²) in [7, 11) is 0. The van der Waals surface area contributed by atoms with Crippen LogP contribution in [0.25, 0.3) is 0 Å². The fraction of sp³-hybridized carbons (Fsp3) is 0.750. The van der Waals surface area contributed by atoms with Gasteiger partial charge >= 0.3 is 0 Å². The minimum Gasteiger partial charge on any atom is -0.348 e. The lowest BCUT2D eigenvalue weighted by molar-refractivity contribution is 0.469. The zero-order valence-corrected chi connectivity index (χ0v) is 9.34. The van der Waals surface area contributed by atoms with Gasteiger partial charge in [-0.1, -0.05) is 25.7 Å². The van der Waals surface area contributed by atoms with Gasteiger partial charge in [0.1, 0.15) is 5.82 Å². The molecular formula is C12H21N3. The summed E-state index contributed by atoms with van der Waals surface area (Å²) < 4.78 is 0. The van der Waals surface area contributed by atoms with Crippen LogP contribution in [-0.4, -0.2) is 16.5 Å². The highest BCUT2D eigenvalue weighted by Crippen LogP contribution is 2.28. The van der Waals surface area contributed by atoms with E-state index in [-0.39, 0.29) is 0 Å². The van der Waals surface area contributed by atoms with Crippen molar-refractivity contribution in [1.29, 1.82) is 0 Å². The van der Waals surface area contributed by atoms with E-state index in [1.807, 2.05) is 6.20 Å². The minimum atomic E-state index is 0.873. The van der Waals surface area contributed by atoms with Crippen molar-refractivity contribution in [2.75, 3.05) is 6.54 Å². The summed E-state index contributed by atoms with van der Waals surface area (Å²) in [4.78, 5) is 7.27. The Kier molecular flexibility index (Phi) is 4.21. The maximum atomic E-state index is 4.17. The molecule has 0 unspecified atom stereocenters. The molecule has 15 heavy (non-hydrogen) atoms. The van der Waals surface area contributed by atoms with Gasteiger partial charge in [-0.25, -0.2) is 4.98 Å². The lowest BCUT2D eigenvalue weighted by Crippen LogP contribution is -2.16. The zero-order chi connectivity index (χ0) is 10.3. The molecule has 1 aromatic rings. The largest absolute Gasteiger partial charge is 0.348 e. The lowest BCUT2D eigenvalue weighted by Gasteiger charge is -2.08. The molecule has 0 atom stereocenters. The van der Waals surface area contributed by atoms with Crippen molar-refractivity contribution in [2.24, 2.45) is 5.92 Å². The van der Waals surface area contributed by atoms with Crippen LogP contribution in [0.3, 0.4) is 0 Å². The summed E-state index contributed by atoms with van der Waals surface area (Å²) in [6, 6.07) is 0. The maximum absolute atomic E-state index is 4.17. The fourth-order valence-corrected chi connectivity index (χ4v) is 2.42. The molecule has 2 N–H and O–H groups in total. The van der Waals surface area contributed by atoms with Gasteiger partial charge < -0.3 is 10.3 Å². The monoisotopic (exact) mass is 207 g/mol. The van der Waals surface area contributed by atoms with Crippen molar-refractivity contribution in [2.45, 2.75) is 45.1 Å². The van der Waals surface area contributed by atoms with Crippen LogP contribution >= 0.6 is 0 Å². The van der Waals surface area contributed by atoms with Crippen LogP contribution in [0.5, 0.6) is 0 Å². The average Bonchev–Trinajstić information content (AvgIpc) is 2.88. The Labute approximate surface area is 91.7 Å². The Morgan fingerprint density at radius 3 is 3.00 bits per heavy atom. The molecule has 0 aromatic carbocycles. The fourth-order valence-electron chi connectivity index (χ4n) is 2.42. The summed E-state index contributed by atoms with van der Waals surface area (Å²) >= 11 is 0. The number of nitrogens with one attached hydrogen (secondary N) is 2. The average molecular weight is 207 g/mol. The van der Waals surface area contributed by atoms with Gasteiger partial charge in [-0.05, 0) is 25.3 Å². The third-order valence-corrected chi connectivity index (χ3v) is 3.29. The van der Waals surface area contributed by atoms with E-state index in [0.29, 0.717) is 0 Å². The summed E-state index contributed by atoms with van der Waals surface area (Å²) in [6.45, 7) is 1.99. The van der Waals surface area contributed by atoms with Gasteiger partial charge in [0.15, 0.2) is 0 Å². The normalized spacial score (nSPS) is 17.3. The van der Waals surface area contributed by atoms with Crippen molar-refractivity contribution in [1.82, 2.24) is 15.3 Å². The van der Waals surface area contributed by atoms with Crippen LogP contribution in [0.2, 0.25) is 0 Å². The van der Waals surface area contributed by atoms with E-state index in [2.05, 4.69) is 15.3 Å². The number of aromatic nitrogens is 2. The molecule has 1 fully saturated rings. The maximum Gasteiger partial charge on any atom is 0.120 e. The van der Waals surface area contributed by atoms with E-state index in [1.165, 1.54) is 38.5 Å². The van der Waals surface area contributed by atoms with E-state index < -0.39 is 0 Å². The molecule has 0 amide bonds. The van der Waals surface area contributed by atoms with Gasteiger partial charge in [-0.3, -0.25) is 0 Å². The Bertz CT molecular complexity index is 250. The smallest absolute Gasteiger partial charge is 0.120 e. The van der Waals surface area contributed by atoms with Gasteiger partial charge in [-0.2, -0.15) is 0 Å². The van der Waals surface area contributed by atoms with Crippen LogP contribution < -0.4 is 5.32 Å². The van der Waals surface area contributed by atoms with Crippen LogP contribution in [0.4, 0.5) is 0 Å². The van der Waals surface area contributed by atoms with Crippen molar-refractivity contribution < 1.29 is 0 Å². The predicted molar refractivity (Wildman–Crippen MR) is 61.5 cm³/mol. The lowest BCUT2D eigenvalue weighted by atomic mass is 10.0. The number of aromatic amines is 1. The van der Waals surface area contributed by atoms with E-state index >= 15 is 0 Å². The number of rotatable bonds is 6. The van der Waals surface area contributed by atoms with Crippen LogP contribution in [0.1, 0.15) is 44.3 Å². The molecule has 1 aliphatic rings. The van der Waals surface area contributed by atoms with Gasteiger partial charge in [-0.15, -0.1) is 0 Å². The second kappa shape index (κ2) is 5.91. The first-order chi connectivity index (χ1) is 7.45. The number of nitrogens with zero attached hydrogens (tertiary/aromatic N) is 1. The molecule has 3 heteroatoms. The van der Waals surface area contributed by atoms with E-state index in [4.69, 9.17) is 0 Å². The molecule has 3 nitrogen and oxygen atoms in total. The van der Waals surface area contributed by atoms with Crippen LogP contribution in [0.15, 0.2) is 12.4 Å². The SMILES string of the molecule is c1c[nH]c(CNCCCC2CCCC2)n1. The summed E-state index contributed by atoms with van der Waals surface area (Å²) in [5, 5.41) is 3.42. The first-order valence-electron chi connectivity index (χ1n) is 6.14. The Hall–Kier alpha value is -0.830. The molecule has 2 rings (SSSR count). The van der Waals surface area contributed by atoms with E-state index in [1.54, 1.807) is 6.20 Å². The Morgan fingerprint density at radius 2 is 2.27 bits per heavy atom. The Balaban J connectivity index is 1.48. The molecule has 1 heterocycles. The highest BCUT2D eigenvalue weighted by Gasteiger charge is 2.13. The van der Waals surface area contributed by atoms with Gasteiger partial charge in [0, 0.05) is 12.4 Å². The molecule has 0 spiro atoms. The number of H-pyrrole nitrogens is 1. The zero-order valence-electron chi connectivity index (χ0n) is 9.34. The highest BCUT2D eigenvalue weighted by molar-refractivity contribution is 4.85. The molecule has 1 aromatic heterocycles. The summed E-state index contributed by atoms with van der Waals surface area (Å²) in [6.07, 6.45) is 12.3. The van der Waals surface area contributed by atoms with Gasteiger partial charge in [0.25, 0.3) is 0 Å². The first-order valence-corrected chi connectivity index (χ1v) is 6.14. The second-order valence-corrected chi connectivity index (χ2v) is 4.51. The van der Waals surface area contributed by atoms with Crippen molar-refractivity contribution in [3.63, 3.8) is 0 Å². The molecule has 0 radical (unpaired) electrons. The third kappa shape index (κ3) is 3.67. The third-order valence-electron chi connectivity index (χ3n) is 3.29. The molecule has 1 aliphatic carbocycles.